The molecule has 2 heterocycles. The lowest BCUT2D eigenvalue weighted by Crippen LogP contribution is -2.49. The summed E-state index contributed by atoms with van der Waals surface area (Å²) in [5, 5.41) is 10.7. The van der Waals surface area contributed by atoms with Gasteiger partial charge >= 0.3 is 5.82 Å². The van der Waals surface area contributed by atoms with Crippen molar-refractivity contribution < 1.29 is 14.5 Å². The summed E-state index contributed by atoms with van der Waals surface area (Å²) in [4.78, 5) is 30.4. The van der Waals surface area contributed by atoms with Crippen LogP contribution in [0.4, 0.5) is 11.5 Å². The molecular weight excluding hydrogens is 336 g/mol. The molecule has 1 saturated heterocycles. The Kier molecular flexibility index (Phi) is 5.31. The standard InChI is InChI=1S/C18H20N4O4/c1-26-16-5-2-14(3-6-16)12-18(23)21-10-8-20(9-11-21)15-4-7-17(19-13-15)22(24)25/h2-7,13H,8-12H2,1H3. The lowest BCUT2D eigenvalue weighted by atomic mass is 10.1. The smallest absolute Gasteiger partial charge is 0.363 e. The number of hydrogen-bond acceptors (Lipinski definition) is 6. The SMILES string of the molecule is COc1ccc(CC(=O)N2CCN(c3ccc([N+](=O)[O-])nc3)CC2)cc1. The minimum atomic E-state index is -0.514. The van der Waals surface area contributed by atoms with E-state index in [1.54, 1.807) is 13.2 Å². The first-order valence-corrected chi connectivity index (χ1v) is 8.33. The molecule has 1 aliphatic heterocycles. The van der Waals surface area contributed by atoms with Crippen LogP contribution in [-0.2, 0) is 11.2 Å². The Morgan fingerprint density at radius 2 is 1.85 bits per heavy atom. The van der Waals surface area contributed by atoms with Crippen LogP contribution < -0.4 is 9.64 Å². The van der Waals surface area contributed by atoms with Crippen LogP contribution in [0.5, 0.6) is 5.75 Å². The average Bonchev–Trinajstić information content (AvgIpc) is 2.69. The number of anilines is 1. The van der Waals surface area contributed by atoms with E-state index in [4.69, 9.17) is 4.74 Å². The fraction of sp³-hybridized carbons (Fsp3) is 0.333. The minimum absolute atomic E-state index is 0.0941. The molecule has 1 aromatic carbocycles. The van der Waals surface area contributed by atoms with Gasteiger partial charge in [0.15, 0.2) is 6.20 Å². The highest BCUT2D eigenvalue weighted by Crippen LogP contribution is 2.19. The van der Waals surface area contributed by atoms with E-state index in [0.717, 1.165) is 17.0 Å². The monoisotopic (exact) mass is 356 g/mol. The second-order valence-corrected chi connectivity index (χ2v) is 6.02. The molecule has 0 radical (unpaired) electrons. The molecule has 0 bridgehead atoms. The zero-order valence-corrected chi connectivity index (χ0v) is 14.5. The average molecular weight is 356 g/mol. The molecule has 0 saturated carbocycles. The van der Waals surface area contributed by atoms with Crippen molar-refractivity contribution in [3.05, 3.63) is 58.3 Å². The third-order valence-corrected chi connectivity index (χ3v) is 4.43. The van der Waals surface area contributed by atoms with E-state index in [0.29, 0.717) is 32.6 Å². The molecule has 0 N–H and O–H groups in total. The lowest BCUT2D eigenvalue weighted by molar-refractivity contribution is -0.389. The van der Waals surface area contributed by atoms with Crippen LogP contribution in [-0.4, -0.2) is 54.0 Å². The van der Waals surface area contributed by atoms with Crippen LogP contribution in [0, 0.1) is 10.1 Å². The zero-order chi connectivity index (χ0) is 18.5. The molecule has 8 nitrogen and oxygen atoms in total. The van der Waals surface area contributed by atoms with Crippen molar-refractivity contribution in [3.63, 3.8) is 0 Å². The van der Waals surface area contributed by atoms with E-state index in [-0.39, 0.29) is 11.7 Å². The summed E-state index contributed by atoms with van der Waals surface area (Å²) in [7, 11) is 1.61. The Morgan fingerprint density at radius 1 is 1.15 bits per heavy atom. The second-order valence-electron chi connectivity index (χ2n) is 6.02. The lowest BCUT2D eigenvalue weighted by Gasteiger charge is -2.35. The second kappa shape index (κ2) is 7.81. The number of rotatable bonds is 5. The molecule has 0 aliphatic carbocycles. The van der Waals surface area contributed by atoms with Gasteiger partial charge in [0.1, 0.15) is 5.75 Å². The van der Waals surface area contributed by atoms with Crippen LogP contribution in [0.15, 0.2) is 42.6 Å². The fourth-order valence-corrected chi connectivity index (χ4v) is 2.92. The summed E-state index contributed by atoms with van der Waals surface area (Å²) in [5.74, 6) is 0.699. The van der Waals surface area contributed by atoms with Crippen molar-refractivity contribution in [1.82, 2.24) is 9.88 Å². The summed E-state index contributed by atoms with van der Waals surface area (Å²) >= 11 is 0. The normalized spacial score (nSPS) is 14.2. The highest BCUT2D eigenvalue weighted by atomic mass is 16.6. The number of amides is 1. The number of nitrogens with zero attached hydrogens (tertiary/aromatic N) is 4. The fourth-order valence-electron chi connectivity index (χ4n) is 2.92. The Hall–Kier alpha value is -3.16. The Morgan fingerprint density at radius 3 is 2.38 bits per heavy atom. The van der Waals surface area contributed by atoms with Crippen molar-refractivity contribution in [2.75, 3.05) is 38.2 Å². The van der Waals surface area contributed by atoms with Crippen LogP contribution in [0.1, 0.15) is 5.56 Å². The summed E-state index contributed by atoms with van der Waals surface area (Å²) in [6, 6.07) is 10.6. The zero-order valence-electron chi connectivity index (χ0n) is 14.5. The molecule has 1 aromatic heterocycles. The molecule has 1 aliphatic rings. The molecule has 0 atom stereocenters. The first-order valence-electron chi connectivity index (χ1n) is 8.33. The van der Waals surface area contributed by atoms with Crippen molar-refractivity contribution in [2.24, 2.45) is 0 Å². The maximum Gasteiger partial charge on any atom is 0.363 e. The minimum Gasteiger partial charge on any atom is -0.497 e. The number of pyridine rings is 1. The number of hydrogen-bond donors (Lipinski definition) is 0. The van der Waals surface area contributed by atoms with Gasteiger partial charge in [-0.2, -0.15) is 0 Å². The summed E-state index contributed by atoms with van der Waals surface area (Å²) in [5.41, 5.74) is 1.79. The van der Waals surface area contributed by atoms with Crippen molar-refractivity contribution in [1.29, 1.82) is 0 Å². The molecule has 1 fully saturated rings. The molecular formula is C18H20N4O4. The first-order chi connectivity index (χ1) is 12.6. The quantitative estimate of drug-likeness (QED) is 0.600. The number of carbonyl (C=O) groups excluding carboxylic acids is 1. The molecule has 26 heavy (non-hydrogen) atoms. The predicted octanol–water partition coefficient (Wildman–Crippen LogP) is 1.89. The third-order valence-electron chi connectivity index (χ3n) is 4.43. The predicted molar refractivity (Wildman–Crippen MR) is 96.4 cm³/mol. The van der Waals surface area contributed by atoms with Crippen molar-refractivity contribution in [3.8, 4) is 5.75 Å². The molecule has 2 aromatic rings. The highest BCUT2D eigenvalue weighted by molar-refractivity contribution is 5.79. The number of methoxy groups -OCH3 is 1. The van der Waals surface area contributed by atoms with Gasteiger partial charge in [-0.15, -0.1) is 0 Å². The van der Waals surface area contributed by atoms with Crippen molar-refractivity contribution in [2.45, 2.75) is 6.42 Å². The molecule has 0 spiro atoms. The number of carbonyl (C=O) groups is 1. The van der Waals surface area contributed by atoms with Gasteiger partial charge in [-0.05, 0) is 33.7 Å². The van der Waals surface area contributed by atoms with Crippen LogP contribution >= 0.6 is 0 Å². The van der Waals surface area contributed by atoms with Gasteiger partial charge in [0.25, 0.3) is 0 Å². The first kappa shape index (κ1) is 17.7. The van der Waals surface area contributed by atoms with E-state index in [9.17, 15) is 14.9 Å². The van der Waals surface area contributed by atoms with Gasteiger partial charge in [-0.1, -0.05) is 12.1 Å². The van der Waals surface area contributed by atoms with Gasteiger partial charge in [0.2, 0.25) is 5.91 Å². The largest absolute Gasteiger partial charge is 0.497 e. The van der Waals surface area contributed by atoms with Crippen LogP contribution in [0.2, 0.25) is 0 Å². The third kappa shape index (κ3) is 4.08. The Balaban J connectivity index is 1.53. The van der Waals surface area contributed by atoms with Crippen molar-refractivity contribution >= 4 is 17.4 Å². The molecule has 136 valence electrons. The van der Waals surface area contributed by atoms with Gasteiger partial charge < -0.3 is 24.7 Å². The molecule has 8 heteroatoms. The highest BCUT2D eigenvalue weighted by Gasteiger charge is 2.22. The Bertz CT molecular complexity index is 769. The number of nitro groups is 1. The van der Waals surface area contributed by atoms with Gasteiger partial charge in [-0.3, -0.25) is 4.79 Å². The van der Waals surface area contributed by atoms with Gasteiger partial charge in [-0.25, -0.2) is 0 Å². The van der Waals surface area contributed by atoms with E-state index < -0.39 is 4.92 Å². The number of benzene rings is 1. The number of piperazine rings is 1. The van der Waals surface area contributed by atoms with Gasteiger partial charge in [0.05, 0.1) is 19.2 Å². The summed E-state index contributed by atoms with van der Waals surface area (Å²) in [6.45, 7) is 2.58. The van der Waals surface area contributed by atoms with Gasteiger partial charge in [0, 0.05) is 32.2 Å². The Labute approximate surface area is 151 Å². The topological polar surface area (TPSA) is 88.8 Å². The number of ether oxygens (including phenoxy) is 1. The molecule has 0 unspecified atom stereocenters. The maximum absolute atomic E-state index is 12.5. The van der Waals surface area contributed by atoms with E-state index in [2.05, 4.69) is 9.88 Å². The molecule has 3 rings (SSSR count). The maximum atomic E-state index is 12.5. The number of aromatic nitrogens is 1. The van der Waals surface area contributed by atoms with E-state index in [1.807, 2.05) is 29.2 Å². The van der Waals surface area contributed by atoms with E-state index >= 15 is 0 Å². The van der Waals surface area contributed by atoms with Crippen LogP contribution in [0.25, 0.3) is 0 Å². The van der Waals surface area contributed by atoms with E-state index in [1.165, 1.54) is 12.3 Å². The van der Waals surface area contributed by atoms with Crippen LogP contribution in [0.3, 0.4) is 0 Å². The molecule has 1 amide bonds. The summed E-state index contributed by atoms with van der Waals surface area (Å²) in [6.07, 6.45) is 1.87. The summed E-state index contributed by atoms with van der Waals surface area (Å²) < 4.78 is 5.12.